The summed E-state index contributed by atoms with van der Waals surface area (Å²) in [5, 5.41) is 4.95. The predicted molar refractivity (Wildman–Crippen MR) is 82.1 cm³/mol. The smallest absolute Gasteiger partial charge is 0.328 e. The number of nitrogens with one attached hydrogen (secondary N) is 2. The molecule has 1 atom stereocenters. The van der Waals surface area contributed by atoms with E-state index in [1.807, 2.05) is 13.8 Å². The van der Waals surface area contributed by atoms with Gasteiger partial charge in [-0.05, 0) is 40.4 Å². The van der Waals surface area contributed by atoms with Crippen molar-refractivity contribution >= 4 is 33.7 Å². The zero-order valence-electron chi connectivity index (χ0n) is 12.6. The molecule has 0 bridgehead atoms. The molecule has 0 aliphatic heterocycles. The van der Waals surface area contributed by atoms with E-state index < -0.39 is 23.8 Å². The van der Waals surface area contributed by atoms with E-state index in [4.69, 9.17) is 4.42 Å². The molecular weight excluding hydrogens is 356 g/mol. The number of hydrogen-bond acceptors (Lipinski definition) is 5. The molecule has 0 aliphatic rings. The fraction of sp³-hybridized carbons (Fsp3) is 0.500. The van der Waals surface area contributed by atoms with Crippen molar-refractivity contribution in [2.45, 2.75) is 26.3 Å². The maximum absolute atomic E-state index is 11.8. The number of furan rings is 1. The summed E-state index contributed by atoms with van der Waals surface area (Å²) in [7, 11) is 1.26. The molecule has 0 saturated carbocycles. The number of rotatable bonds is 7. The molecule has 1 heterocycles. The lowest BCUT2D eigenvalue weighted by atomic mass is 10.0. The van der Waals surface area contributed by atoms with E-state index in [0.29, 0.717) is 11.1 Å². The maximum Gasteiger partial charge on any atom is 0.328 e. The monoisotopic (exact) mass is 374 g/mol. The van der Waals surface area contributed by atoms with Crippen molar-refractivity contribution in [2.75, 3.05) is 13.7 Å². The molecule has 0 fully saturated rings. The Hall–Kier alpha value is -1.83. The summed E-state index contributed by atoms with van der Waals surface area (Å²) in [5.74, 6) is -1.21. The third kappa shape index (κ3) is 5.88. The topological polar surface area (TPSA) is 97.6 Å². The van der Waals surface area contributed by atoms with Crippen LogP contribution in [0.1, 0.15) is 30.8 Å². The van der Waals surface area contributed by atoms with Crippen LogP contribution in [0.25, 0.3) is 0 Å². The van der Waals surface area contributed by atoms with Crippen LogP contribution in [-0.4, -0.2) is 37.5 Å². The number of esters is 1. The Balaban J connectivity index is 2.49. The van der Waals surface area contributed by atoms with Gasteiger partial charge < -0.3 is 19.8 Å². The van der Waals surface area contributed by atoms with Crippen molar-refractivity contribution in [3.63, 3.8) is 0 Å². The average molecular weight is 375 g/mol. The molecule has 2 amide bonds. The normalized spacial score (nSPS) is 11.9. The Bertz CT molecular complexity index is 541. The molecule has 1 aromatic rings. The van der Waals surface area contributed by atoms with Crippen LogP contribution in [0.2, 0.25) is 0 Å². The van der Waals surface area contributed by atoms with Crippen molar-refractivity contribution in [2.24, 2.45) is 5.92 Å². The lowest BCUT2D eigenvalue weighted by Crippen LogP contribution is -2.46. The van der Waals surface area contributed by atoms with Crippen LogP contribution < -0.4 is 10.6 Å². The van der Waals surface area contributed by atoms with Crippen molar-refractivity contribution in [3.05, 3.63) is 22.6 Å². The molecule has 7 nitrogen and oxygen atoms in total. The lowest BCUT2D eigenvalue weighted by molar-refractivity contribution is -0.145. The van der Waals surface area contributed by atoms with Crippen molar-refractivity contribution in [1.82, 2.24) is 10.6 Å². The van der Waals surface area contributed by atoms with E-state index in [1.165, 1.54) is 13.2 Å². The summed E-state index contributed by atoms with van der Waals surface area (Å²) in [6.45, 7) is 3.60. The first-order valence-electron chi connectivity index (χ1n) is 6.74. The molecule has 122 valence electrons. The summed E-state index contributed by atoms with van der Waals surface area (Å²) < 4.78 is 10.1. The standard InChI is InChI=1S/C14H19BrN2O5/c1-8(2)6-9(14(20)21-3)17-12(18)7-16-13(19)10-4-5-11(15)22-10/h4-5,8-9H,6-7H2,1-3H3,(H,16,19)(H,17,18)/t9-/m0/s1. The number of halogens is 1. The van der Waals surface area contributed by atoms with Crippen LogP contribution in [0.3, 0.4) is 0 Å². The maximum atomic E-state index is 11.8. The molecule has 0 radical (unpaired) electrons. The van der Waals surface area contributed by atoms with E-state index in [1.54, 1.807) is 6.07 Å². The lowest BCUT2D eigenvalue weighted by Gasteiger charge is -2.18. The number of carbonyl (C=O) groups excluding carboxylic acids is 3. The zero-order chi connectivity index (χ0) is 16.7. The number of methoxy groups -OCH3 is 1. The van der Waals surface area contributed by atoms with Gasteiger partial charge in [-0.15, -0.1) is 0 Å². The Morgan fingerprint density at radius 2 is 2.00 bits per heavy atom. The van der Waals surface area contributed by atoms with Crippen molar-refractivity contribution in [1.29, 1.82) is 0 Å². The van der Waals surface area contributed by atoms with E-state index >= 15 is 0 Å². The second kappa shape index (κ2) is 8.57. The molecule has 0 aromatic carbocycles. The SMILES string of the molecule is COC(=O)[C@H](CC(C)C)NC(=O)CNC(=O)c1ccc(Br)o1. The van der Waals surface area contributed by atoms with Gasteiger partial charge in [-0.25, -0.2) is 4.79 Å². The highest BCUT2D eigenvalue weighted by Crippen LogP contribution is 2.13. The van der Waals surface area contributed by atoms with Crippen LogP contribution in [0, 0.1) is 5.92 Å². The first kappa shape index (κ1) is 18.2. The highest BCUT2D eigenvalue weighted by molar-refractivity contribution is 9.10. The van der Waals surface area contributed by atoms with Gasteiger partial charge in [-0.1, -0.05) is 13.8 Å². The zero-order valence-corrected chi connectivity index (χ0v) is 14.2. The molecule has 8 heteroatoms. The highest BCUT2D eigenvalue weighted by atomic mass is 79.9. The van der Waals surface area contributed by atoms with Crippen LogP contribution in [-0.2, 0) is 14.3 Å². The van der Waals surface area contributed by atoms with Crippen molar-refractivity contribution < 1.29 is 23.5 Å². The molecule has 1 aromatic heterocycles. The summed E-state index contributed by atoms with van der Waals surface area (Å²) in [6, 6.07) is 2.32. The summed E-state index contributed by atoms with van der Waals surface area (Å²) in [5.41, 5.74) is 0. The van der Waals surface area contributed by atoms with Gasteiger partial charge in [0.05, 0.1) is 13.7 Å². The molecule has 1 rings (SSSR count). The van der Waals surface area contributed by atoms with Gasteiger partial charge in [0.15, 0.2) is 10.4 Å². The van der Waals surface area contributed by atoms with Gasteiger partial charge >= 0.3 is 5.97 Å². The van der Waals surface area contributed by atoms with Gasteiger partial charge in [0.25, 0.3) is 5.91 Å². The molecule has 22 heavy (non-hydrogen) atoms. The van der Waals surface area contributed by atoms with Gasteiger partial charge in [0.1, 0.15) is 6.04 Å². The Morgan fingerprint density at radius 1 is 1.32 bits per heavy atom. The van der Waals surface area contributed by atoms with Crippen LogP contribution in [0.4, 0.5) is 0 Å². The van der Waals surface area contributed by atoms with Gasteiger partial charge in [0.2, 0.25) is 5.91 Å². The minimum absolute atomic E-state index is 0.0892. The summed E-state index contributed by atoms with van der Waals surface area (Å²) >= 11 is 3.08. The van der Waals surface area contributed by atoms with E-state index in [-0.39, 0.29) is 18.2 Å². The quantitative estimate of drug-likeness (QED) is 0.704. The number of hydrogen-bond donors (Lipinski definition) is 2. The molecule has 0 unspecified atom stereocenters. The molecule has 2 N–H and O–H groups in total. The Morgan fingerprint density at radius 3 is 2.50 bits per heavy atom. The molecule has 0 saturated heterocycles. The van der Waals surface area contributed by atoms with E-state index in [9.17, 15) is 14.4 Å². The van der Waals surface area contributed by atoms with Crippen molar-refractivity contribution in [3.8, 4) is 0 Å². The Labute approximate surface area is 136 Å². The minimum Gasteiger partial charge on any atom is -0.467 e. The number of carbonyl (C=O) groups is 3. The van der Waals surface area contributed by atoms with Gasteiger partial charge in [0, 0.05) is 0 Å². The fourth-order valence-electron chi connectivity index (χ4n) is 1.76. The average Bonchev–Trinajstić information content (AvgIpc) is 2.89. The molecular formula is C14H19BrN2O5. The first-order valence-corrected chi connectivity index (χ1v) is 7.53. The van der Waals surface area contributed by atoms with E-state index in [0.717, 1.165) is 0 Å². The van der Waals surface area contributed by atoms with E-state index in [2.05, 4.69) is 31.3 Å². The summed E-state index contributed by atoms with van der Waals surface area (Å²) in [4.78, 5) is 35.1. The first-order chi connectivity index (χ1) is 10.3. The van der Waals surface area contributed by atoms with Crippen LogP contribution >= 0.6 is 15.9 Å². The second-order valence-corrected chi connectivity index (χ2v) is 5.84. The fourth-order valence-corrected chi connectivity index (χ4v) is 2.06. The van der Waals surface area contributed by atoms with Gasteiger partial charge in [-0.2, -0.15) is 0 Å². The Kier molecular flexibility index (Phi) is 7.10. The highest BCUT2D eigenvalue weighted by Gasteiger charge is 2.22. The van der Waals surface area contributed by atoms with Crippen LogP contribution in [0.5, 0.6) is 0 Å². The second-order valence-electron chi connectivity index (χ2n) is 5.06. The molecule has 0 aliphatic carbocycles. The third-order valence-corrected chi connectivity index (χ3v) is 3.16. The third-order valence-electron chi connectivity index (χ3n) is 2.73. The minimum atomic E-state index is -0.729. The number of amides is 2. The predicted octanol–water partition coefficient (Wildman–Crippen LogP) is 1.48. The molecule has 0 spiro atoms. The summed E-state index contributed by atoms with van der Waals surface area (Å²) in [6.07, 6.45) is 0.456. The van der Waals surface area contributed by atoms with Gasteiger partial charge in [-0.3, -0.25) is 9.59 Å². The van der Waals surface area contributed by atoms with Crippen LogP contribution in [0.15, 0.2) is 21.2 Å². The number of ether oxygens (including phenoxy) is 1. The largest absolute Gasteiger partial charge is 0.467 e.